The Labute approximate surface area is 106 Å². The Kier molecular flexibility index (Phi) is 3.49. The highest BCUT2D eigenvalue weighted by molar-refractivity contribution is 5.63. The molecular formula is C13H15N5. The molecule has 1 aromatic carbocycles. The maximum Gasteiger partial charge on any atom is 0.128 e. The lowest BCUT2D eigenvalue weighted by atomic mass is 10.1. The zero-order valence-corrected chi connectivity index (χ0v) is 10.1. The van der Waals surface area contributed by atoms with Crippen molar-refractivity contribution >= 4 is 11.4 Å². The van der Waals surface area contributed by atoms with Gasteiger partial charge in [-0.3, -0.25) is 0 Å². The maximum atomic E-state index is 9.09. The topological polar surface area (TPSA) is 90.5 Å². The summed E-state index contributed by atoms with van der Waals surface area (Å²) in [7, 11) is 0. The SMILES string of the molecule is CCC(Nc1ccc(N)cc1C#N)c1ncc[nH]1. The van der Waals surface area contributed by atoms with E-state index >= 15 is 0 Å². The number of nitrogens with zero attached hydrogens (tertiary/aromatic N) is 2. The minimum Gasteiger partial charge on any atom is -0.399 e. The fourth-order valence-electron chi connectivity index (χ4n) is 1.80. The molecule has 1 unspecified atom stereocenters. The number of nitriles is 1. The minimum atomic E-state index is 0.0516. The predicted octanol–water partition coefficient (Wildman–Crippen LogP) is 2.43. The summed E-state index contributed by atoms with van der Waals surface area (Å²) in [6.07, 6.45) is 4.37. The van der Waals surface area contributed by atoms with E-state index in [1.165, 1.54) is 0 Å². The second kappa shape index (κ2) is 5.23. The third kappa shape index (κ3) is 2.43. The molecule has 2 aromatic rings. The van der Waals surface area contributed by atoms with E-state index in [4.69, 9.17) is 11.0 Å². The average Bonchev–Trinajstić information content (AvgIpc) is 2.91. The summed E-state index contributed by atoms with van der Waals surface area (Å²) >= 11 is 0. The number of nitrogens with one attached hydrogen (secondary N) is 2. The number of H-pyrrole nitrogens is 1. The van der Waals surface area contributed by atoms with E-state index in [0.29, 0.717) is 11.3 Å². The van der Waals surface area contributed by atoms with Crippen LogP contribution in [0.4, 0.5) is 11.4 Å². The maximum absolute atomic E-state index is 9.09. The van der Waals surface area contributed by atoms with E-state index in [2.05, 4.69) is 28.3 Å². The van der Waals surface area contributed by atoms with Gasteiger partial charge in [-0.2, -0.15) is 5.26 Å². The lowest BCUT2D eigenvalue weighted by molar-refractivity contribution is 0.704. The number of anilines is 2. The first-order chi connectivity index (χ1) is 8.74. The zero-order chi connectivity index (χ0) is 13.0. The number of aromatic nitrogens is 2. The fourth-order valence-corrected chi connectivity index (χ4v) is 1.80. The summed E-state index contributed by atoms with van der Waals surface area (Å²) < 4.78 is 0. The van der Waals surface area contributed by atoms with Gasteiger partial charge in [-0.25, -0.2) is 4.98 Å². The molecule has 0 saturated heterocycles. The first-order valence-corrected chi connectivity index (χ1v) is 5.80. The van der Waals surface area contributed by atoms with Gasteiger partial charge in [0.05, 0.1) is 17.3 Å². The Morgan fingerprint density at radius 1 is 1.56 bits per heavy atom. The number of benzene rings is 1. The number of nitrogens with two attached hydrogens (primary N) is 1. The lowest BCUT2D eigenvalue weighted by Gasteiger charge is -2.17. The Morgan fingerprint density at radius 3 is 3.00 bits per heavy atom. The van der Waals surface area contributed by atoms with Crippen molar-refractivity contribution in [2.75, 3.05) is 11.1 Å². The molecule has 4 N–H and O–H groups in total. The quantitative estimate of drug-likeness (QED) is 0.717. The zero-order valence-electron chi connectivity index (χ0n) is 10.1. The normalized spacial score (nSPS) is 11.8. The summed E-state index contributed by atoms with van der Waals surface area (Å²) in [4.78, 5) is 7.31. The van der Waals surface area contributed by atoms with Crippen molar-refractivity contribution in [3.05, 3.63) is 42.0 Å². The smallest absolute Gasteiger partial charge is 0.128 e. The molecule has 0 fully saturated rings. The molecule has 2 rings (SSSR count). The van der Waals surface area contributed by atoms with E-state index < -0.39 is 0 Å². The van der Waals surface area contributed by atoms with Crippen LogP contribution in [0, 0.1) is 11.3 Å². The molecule has 1 heterocycles. The summed E-state index contributed by atoms with van der Waals surface area (Å²) in [6.45, 7) is 2.06. The molecule has 0 aliphatic rings. The molecule has 5 nitrogen and oxygen atoms in total. The highest BCUT2D eigenvalue weighted by atomic mass is 15.0. The van der Waals surface area contributed by atoms with Gasteiger partial charge in [-0.15, -0.1) is 0 Å². The highest BCUT2D eigenvalue weighted by Gasteiger charge is 2.13. The van der Waals surface area contributed by atoms with Gasteiger partial charge in [0.25, 0.3) is 0 Å². The van der Waals surface area contributed by atoms with Crippen molar-refractivity contribution < 1.29 is 0 Å². The van der Waals surface area contributed by atoms with Crippen molar-refractivity contribution in [2.24, 2.45) is 0 Å². The molecule has 0 bridgehead atoms. The number of rotatable bonds is 4. The molecular weight excluding hydrogens is 226 g/mol. The molecule has 5 heteroatoms. The van der Waals surface area contributed by atoms with Gasteiger partial charge in [-0.1, -0.05) is 6.92 Å². The fraction of sp³-hybridized carbons (Fsp3) is 0.231. The van der Waals surface area contributed by atoms with Crippen molar-refractivity contribution in [2.45, 2.75) is 19.4 Å². The monoisotopic (exact) mass is 241 g/mol. The van der Waals surface area contributed by atoms with Crippen LogP contribution < -0.4 is 11.1 Å². The van der Waals surface area contributed by atoms with Crippen LogP contribution in [0.5, 0.6) is 0 Å². The van der Waals surface area contributed by atoms with Crippen LogP contribution in [-0.4, -0.2) is 9.97 Å². The van der Waals surface area contributed by atoms with Gasteiger partial charge >= 0.3 is 0 Å². The van der Waals surface area contributed by atoms with Crippen LogP contribution in [0.15, 0.2) is 30.6 Å². The van der Waals surface area contributed by atoms with Gasteiger partial charge in [0.2, 0.25) is 0 Å². The average molecular weight is 241 g/mol. The Balaban J connectivity index is 2.25. The molecule has 92 valence electrons. The largest absolute Gasteiger partial charge is 0.399 e. The van der Waals surface area contributed by atoms with Crippen LogP contribution in [0.3, 0.4) is 0 Å². The van der Waals surface area contributed by atoms with Crippen molar-refractivity contribution in [3.8, 4) is 6.07 Å². The van der Waals surface area contributed by atoms with E-state index in [-0.39, 0.29) is 6.04 Å². The molecule has 0 aliphatic carbocycles. The first-order valence-electron chi connectivity index (χ1n) is 5.80. The molecule has 0 aliphatic heterocycles. The number of imidazole rings is 1. The van der Waals surface area contributed by atoms with Gasteiger partial charge in [0.15, 0.2) is 0 Å². The molecule has 0 amide bonds. The second-order valence-corrected chi connectivity index (χ2v) is 4.00. The van der Waals surface area contributed by atoms with Gasteiger partial charge < -0.3 is 16.0 Å². The lowest BCUT2D eigenvalue weighted by Crippen LogP contribution is -2.12. The van der Waals surface area contributed by atoms with Crippen LogP contribution in [0.1, 0.15) is 30.8 Å². The Bertz CT molecular complexity index is 553. The van der Waals surface area contributed by atoms with Crippen molar-refractivity contribution in [3.63, 3.8) is 0 Å². The van der Waals surface area contributed by atoms with E-state index in [1.54, 1.807) is 24.5 Å². The summed E-state index contributed by atoms with van der Waals surface area (Å²) in [5.41, 5.74) is 7.56. The minimum absolute atomic E-state index is 0.0516. The molecule has 0 spiro atoms. The van der Waals surface area contributed by atoms with Gasteiger partial charge in [0, 0.05) is 18.1 Å². The van der Waals surface area contributed by atoms with Crippen LogP contribution in [0.2, 0.25) is 0 Å². The number of hydrogen-bond acceptors (Lipinski definition) is 4. The van der Waals surface area contributed by atoms with Gasteiger partial charge in [-0.05, 0) is 24.6 Å². The Morgan fingerprint density at radius 2 is 2.39 bits per heavy atom. The third-order valence-electron chi connectivity index (χ3n) is 2.75. The van der Waals surface area contributed by atoms with E-state index in [1.807, 2.05) is 6.07 Å². The summed E-state index contributed by atoms with van der Waals surface area (Å²) in [5, 5.41) is 12.4. The second-order valence-electron chi connectivity index (χ2n) is 4.00. The molecule has 0 radical (unpaired) electrons. The van der Waals surface area contributed by atoms with Crippen LogP contribution in [0.25, 0.3) is 0 Å². The van der Waals surface area contributed by atoms with E-state index in [0.717, 1.165) is 17.9 Å². The first kappa shape index (κ1) is 12.0. The molecule has 18 heavy (non-hydrogen) atoms. The number of hydrogen-bond donors (Lipinski definition) is 3. The Hall–Kier alpha value is -2.48. The third-order valence-corrected chi connectivity index (χ3v) is 2.75. The predicted molar refractivity (Wildman–Crippen MR) is 70.8 cm³/mol. The highest BCUT2D eigenvalue weighted by Crippen LogP contribution is 2.24. The number of nitrogen functional groups attached to an aromatic ring is 1. The van der Waals surface area contributed by atoms with Crippen molar-refractivity contribution in [1.29, 1.82) is 5.26 Å². The van der Waals surface area contributed by atoms with Crippen LogP contribution in [-0.2, 0) is 0 Å². The van der Waals surface area contributed by atoms with E-state index in [9.17, 15) is 0 Å². The number of aromatic amines is 1. The molecule has 1 aromatic heterocycles. The van der Waals surface area contributed by atoms with Crippen molar-refractivity contribution in [1.82, 2.24) is 9.97 Å². The molecule has 0 saturated carbocycles. The summed E-state index contributed by atoms with van der Waals surface area (Å²) in [5.74, 6) is 0.859. The standard InChI is InChI=1S/C13H15N5/c1-2-11(13-16-5-6-17-13)18-12-4-3-10(15)7-9(12)8-14/h3-7,11,18H,2,15H2,1H3,(H,16,17). The molecule has 1 atom stereocenters. The van der Waals surface area contributed by atoms with Gasteiger partial charge in [0.1, 0.15) is 11.9 Å². The van der Waals surface area contributed by atoms with Crippen LogP contribution >= 0.6 is 0 Å². The summed E-state index contributed by atoms with van der Waals surface area (Å²) in [6, 6.07) is 7.45.